The molecule has 0 unspecified atom stereocenters. The Balaban J connectivity index is 1.48. The van der Waals surface area contributed by atoms with E-state index in [2.05, 4.69) is 38.3 Å². The molecule has 4 N–H and O–H groups in total. The van der Waals surface area contributed by atoms with Crippen LogP contribution in [0.25, 0.3) is 22.3 Å². The van der Waals surface area contributed by atoms with E-state index in [0.29, 0.717) is 54.5 Å². The fraction of sp³-hybridized carbons (Fsp3) is 0.222. The summed E-state index contributed by atoms with van der Waals surface area (Å²) in [6, 6.07) is 12.9. The number of anilines is 3. The first-order chi connectivity index (χ1) is 19.7. The lowest BCUT2D eigenvalue weighted by atomic mass is 10.0. The summed E-state index contributed by atoms with van der Waals surface area (Å²) in [4.78, 5) is 42.3. The number of aromatic nitrogens is 4. The number of nitrogens with zero attached hydrogens (tertiary/aromatic N) is 4. The van der Waals surface area contributed by atoms with E-state index in [1.54, 1.807) is 6.07 Å². The van der Waals surface area contributed by atoms with Crippen molar-refractivity contribution >= 4 is 59.6 Å². The molecule has 0 atom stereocenters. The molecule has 2 aromatic heterocycles. The number of H-pyrrole nitrogens is 1. The number of fused-ring (bicyclic) bond motifs is 1. The molecule has 5 rings (SSSR count). The molecule has 2 aromatic carbocycles. The summed E-state index contributed by atoms with van der Waals surface area (Å²) in [5.41, 5.74) is 3.80. The van der Waals surface area contributed by atoms with Gasteiger partial charge in [-0.1, -0.05) is 36.4 Å². The lowest BCUT2D eigenvalue weighted by molar-refractivity contribution is -0.114. The normalized spacial score (nSPS) is 13.8. The number of rotatable bonds is 11. The van der Waals surface area contributed by atoms with Gasteiger partial charge < -0.3 is 29.5 Å². The third kappa shape index (κ3) is 7.12. The van der Waals surface area contributed by atoms with Gasteiger partial charge in [-0.25, -0.2) is 4.98 Å². The van der Waals surface area contributed by atoms with Gasteiger partial charge in [0.1, 0.15) is 10.9 Å². The van der Waals surface area contributed by atoms with Crippen molar-refractivity contribution < 1.29 is 28.6 Å². The van der Waals surface area contributed by atoms with Crippen molar-refractivity contribution in [2.75, 3.05) is 43.3 Å². The lowest BCUT2D eigenvalue weighted by Crippen LogP contribution is -2.36. The molecule has 0 bridgehead atoms. The Labute approximate surface area is 240 Å². The number of allylic oxidation sites excluding steroid dienone is 1. The molecule has 0 amide bonds. The van der Waals surface area contributed by atoms with E-state index >= 15 is 0 Å². The first kappa shape index (κ1) is 28.7. The minimum atomic E-state index is -3.72. The van der Waals surface area contributed by atoms with Gasteiger partial charge in [0.15, 0.2) is 18.2 Å². The van der Waals surface area contributed by atoms with Crippen LogP contribution in [0.5, 0.6) is 5.75 Å². The van der Waals surface area contributed by atoms with Gasteiger partial charge in [0.2, 0.25) is 13.5 Å². The Morgan fingerprint density at radius 2 is 2.02 bits per heavy atom. The van der Waals surface area contributed by atoms with Crippen molar-refractivity contribution in [2.45, 2.75) is 6.42 Å². The molecule has 0 spiro atoms. The molecular weight excluding hydrogens is 571 g/mol. The van der Waals surface area contributed by atoms with Gasteiger partial charge in [0.05, 0.1) is 30.0 Å². The molecule has 1 fully saturated rings. The van der Waals surface area contributed by atoms with Crippen molar-refractivity contribution in [3.05, 3.63) is 65.8 Å². The quantitative estimate of drug-likeness (QED) is 0.112. The third-order valence-corrected chi connectivity index (χ3v) is 7.01. The van der Waals surface area contributed by atoms with Gasteiger partial charge >= 0.3 is 0 Å². The van der Waals surface area contributed by atoms with E-state index in [1.807, 2.05) is 36.4 Å². The van der Waals surface area contributed by atoms with E-state index in [1.165, 1.54) is 6.08 Å². The highest BCUT2D eigenvalue weighted by molar-refractivity contribution is 7.57. The molecule has 1 saturated heterocycles. The predicted molar refractivity (Wildman–Crippen MR) is 159 cm³/mol. The van der Waals surface area contributed by atoms with Crippen LogP contribution in [0, 0.1) is 0 Å². The topological polar surface area (TPSA) is 155 Å². The predicted octanol–water partition coefficient (Wildman–Crippen LogP) is 4.08. The molecule has 0 radical (unpaired) electrons. The highest BCUT2D eigenvalue weighted by Gasteiger charge is 2.19. The average Bonchev–Trinajstić information content (AvgIpc) is 3.33. The van der Waals surface area contributed by atoms with Gasteiger partial charge in [-0.15, -0.1) is 0 Å². The molecule has 0 aliphatic carbocycles. The second-order valence-electron chi connectivity index (χ2n) is 9.14. The molecule has 0 saturated carbocycles. The van der Waals surface area contributed by atoms with Crippen LogP contribution in [0.2, 0.25) is 5.15 Å². The number of ketones is 1. The van der Waals surface area contributed by atoms with Gasteiger partial charge in [0.25, 0.3) is 0 Å². The largest absolute Gasteiger partial charge is 0.465 e. The number of carbonyl (C=O) groups excluding carboxylic acids is 1. The number of nitrogens with one attached hydrogen (secondary N) is 2. The van der Waals surface area contributed by atoms with Crippen LogP contribution in [0.15, 0.2) is 55.1 Å². The maximum absolute atomic E-state index is 11.9. The van der Waals surface area contributed by atoms with E-state index in [4.69, 9.17) is 30.6 Å². The molecule has 214 valence electrons. The summed E-state index contributed by atoms with van der Waals surface area (Å²) in [6.07, 6.45) is 4.70. The number of halogens is 1. The lowest BCUT2D eigenvalue weighted by Gasteiger charge is -2.30. The summed E-state index contributed by atoms with van der Waals surface area (Å²) >= 11 is 6.41. The fourth-order valence-corrected chi connectivity index (χ4v) is 4.77. The number of hydrogen-bond donors (Lipinski definition) is 4. The number of ether oxygens (including phenoxy) is 2. The Morgan fingerprint density at radius 3 is 2.78 bits per heavy atom. The van der Waals surface area contributed by atoms with Crippen molar-refractivity contribution in [2.24, 2.45) is 0 Å². The maximum Gasteiger partial charge on any atom is 0.248 e. The summed E-state index contributed by atoms with van der Waals surface area (Å²) in [6.45, 7) is 5.61. The maximum atomic E-state index is 11.9. The van der Waals surface area contributed by atoms with Crippen molar-refractivity contribution in [3.8, 4) is 17.0 Å². The highest BCUT2D eigenvalue weighted by Crippen LogP contribution is 2.38. The molecule has 1 aliphatic rings. The number of aromatic amines is 1. The minimum Gasteiger partial charge on any atom is -0.465 e. The highest BCUT2D eigenvalue weighted by atomic mass is 35.5. The number of hydrogen-bond acceptors (Lipinski definition) is 11. The number of carbonyl (C=O) groups is 1. The van der Waals surface area contributed by atoms with Crippen LogP contribution in [0.3, 0.4) is 0 Å². The standard InChI is InChI=1S/C27H28ClN6O6P/c1-3-20(35)14-17-5-4-6-18(13-17)24-23-25(28)32-33-26(23)31-27(30-24)29-19-7-8-21(34-9-11-38-12-10-34)22(15-19)39-16-40-41(2,36)37/h3-8,13,15,36-37H,1-2,9-12,14,16H2,(H2,29,30,31,32,33). The summed E-state index contributed by atoms with van der Waals surface area (Å²) in [5.74, 6) is 0.593. The monoisotopic (exact) mass is 598 g/mol. The van der Waals surface area contributed by atoms with Gasteiger partial charge in [-0.2, -0.15) is 10.1 Å². The summed E-state index contributed by atoms with van der Waals surface area (Å²) in [5, 5.41) is 11.0. The van der Waals surface area contributed by atoms with E-state index in [-0.39, 0.29) is 23.3 Å². The van der Waals surface area contributed by atoms with Crippen LogP contribution >= 0.6 is 19.2 Å². The Bertz CT molecular complexity index is 1630. The summed E-state index contributed by atoms with van der Waals surface area (Å²) in [7, 11) is -3.72. The van der Waals surface area contributed by atoms with E-state index in [9.17, 15) is 14.6 Å². The second-order valence-corrected chi connectivity index (χ2v) is 11.1. The smallest absolute Gasteiger partial charge is 0.248 e. The first-order valence-corrected chi connectivity index (χ1v) is 14.7. The van der Waals surface area contributed by atoms with Gasteiger partial charge in [0, 0.05) is 36.8 Å². The first-order valence-electron chi connectivity index (χ1n) is 12.6. The van der Waals surface area contributed by atoms with E-state index < -0.39 is 14.4 Å². The van der Waals surface area contributed by atoms with Crippen molar-refractivity contribution in [3.63, 3.8) is 0 Å². The Kier molecular flexibility index (Phi) is 8.69. The van der Waals surface area contributed by atoms with Crippen molar-refractivity contribution in [1.82, 2.24) is 20.2 Å². The Hall–Kier alpha value is -3.77. The molecule has 1 aliphatic heterocycles. The zero-order valence-electron chi connectivity index (χ0n) is 21.9. The molecular formula is C27H28ClN6O6P. The Morgan fingerprint density at radius 1 is 1.22 bits per heavy atom. The average molecular weight is 599 g/mol. The minimum absolute atomic E-state index is 0.0941. The van der Waals surface area contributed by atoms with Gasteiger partial charge in [-0.05, 0) is 36.1 Å². The van der Waals surface area contributed by atoms with E-state index in [0.717, 1.165) is 16.8 Å². The molecule has 14 heteroatoms. The third-order valence-electron chi connectivity index (χ3n) is 6.22. The van der Waals surface area contributed by atoms with Crippen LogP contribution < -0.4 is 15.0 Å². The van der Waals surface area contributed by atoms with Crippen LogP contribution in [-0.2, 0) is 20.5 Å². The molecule has 4 aromatic rings. The van der Waals surface area contributed by atoms with Gasteiger partial charge in [-0.3, -0.25) is 14.4 Å². The zero-order chi connectivity index (χ0) is 29.0. The van der Waals surface area contributed by atoms with Crippen LogP contribution in [0.1, 0.15) is 5.56 Å². The number of benzene rings is 2. The summed E-state index contributed by atoms with van der Waals surface area (Å²) < 4.78 is 16.2. The second kappa shape index (κ2) is 12.4. The molecule has 12 nitrogen and oxygen atoms in total. The molecule has 3 heterocycles. The number of morpholine rings is 1. The van der Waals surface area contributed by atoms with Crippen LogP contribution in [-0.4, -0.2) is 75.1 Å². The fourth-order valence-electron chi connectivity index (χ4n) is 4.33. The van der Waals surface area contributed by atoms with Crippen molar-refractivity contribution in [1.29, 1.82) is 0 Å². The van der Waals surface area contributed by atoms with Crippen LogP contribution in [0.4, 0.5) is 17.3 Å². The molecule has 41 heavy (non-hydrogen) atoms. The SMILES string of the molecule is C=CC(=O)Cc1cccc(-c2nc(Nc3ccc(N4CCOCC4)c(OCOP(=C)(O)O)c3)nc3n[nH]c(Cl)c23)c1. The zero-order valence-corrected chi connectivity index (χ0v) is 23.6.